The van der Waals surface area contributed by atoms with Crippen molar-refractivity contribution in [3.63, 3.8) is 0 Å². The molecule has 1 aliphatic rings. The second kappa shape index (κ2) is 12.1. The minimum absolute atomic E-state index is 0. The van der Waals surface area contributed by atoms with Crippen LogP contribution in [0.15, 0.2) is 98.1 Å². The first-order valence-electron chi connectivity index (χ1n) is 15.8. The Morgan fingerprint density at radius 1 is 0.681 bits per heavy atom. The lowest BCUT2D eigenvalue weighted by atomic mass is 9.61. The molecule has 2 aromatic heterocycles. The van der Waals surface area contributed by atoms with Gasteiger partial charge in [0, 0.05) is 28.5 Å². The van der Waals surface area contributed by atoms with Crippen molar-refractivity contribution >= 4 is 27.6 Å². The maximum Gasteiger partial charge on any atom is 0.120 e. The number of ether oxygens (including phenoxy) is 2. The Balaban J connectivity index is 0.000000181. The van der Waals surface area contributed by atoms with Crippen molar-refractivity contribution in [2.45, 2.75) is 66.7 Å². The van der Waals surface area contributed by atoms with Crippen LogP contribution in [0, 0.1) is 5.41 Å². The van der Waals surface area contributed by atoms with Crippen molar-refractivity contribution in [2.75, 3.05) is 14.2 Å². The van der Waals surface area contributed by atoms with E-state index in [2.05, 4.69) is 123 Å². The summed E-state index contributed by atoms with van der Waals surface area (Å²) < 4.78 is 15.2. The molecule has 0 N–H and O–H groups in total. The summed E-state index contributed by atoms with van der Waals surface area (Å²) in [7, 11) is 3.40. The van der Waals surface area contributed by atoms with Gasteiger partial charge in [-0.15, -0.1) is 0 Å². The Bertz CT molecular complexity index is 2090. The van der Waals surface area contributed by atoms with E-state index in [0.29, 0.717) is 0 Å². The summed E-state index contributed by atoms with van der Waals surface area (Å²) in [6.07, 6.45) is 3.79. The van der Waals surface area contributed by atoms with Crippen LogP contribution in [0.1, 0.15) is 72.6 Å². The minimum atomic E-state index is -0.0259. The number of aromatic nitrogens is 4. The lowest BCUT2D eigenvalue weighted by Gasteiger charge is -2.42. The van der Waals surface area contributed by atoms with Gasteiger partial charge in [0.25, 0.3) is 0 Å². The molecule has 4 aromatic carbocycles. The average molecular weight is 629 g/mol. The van der Waals surface area contributed by atoms with Crippen LogP contribution in [0.25, 0.3) is 39.0 Å². The second-order valence-corrected chi connectivity index (χ2v) is 14.1. The third kappa shape index (κ3) is 5.50. The van der Waals surface area contributed by atoms with Crippen LogP contribution in [-0.4, -0.2) is 33.3 Å². The molecule has 244 valence electrons. The van der Waals surface area contributed by atoms with Crippen molar-refractivity contribution in [1.29, 1.82) is 0 Å². The lowest BCUT2D eigenvalue weighted by Crippen LogP contribution is -2.40. The minimum Gasteiger partial charge on any atom is -0.497 e. The van der Waals surface area contributed by atoms with Crippen LogP contribution in [0.3, 0.4) is 0 Å². The highest BCUT2D eigenvalue weighted by molar-refractivity contribution is 5.84. The molecule has 0 unspecified atom stereocenters. The van der Waals surface area contributed by atoms with Gasteiger partial charge < -0.3 is 9.47 Å². The molecule has 0 saturated heterocycles. The summed E-state index contributed by atoms with van der Waals surface area (Å²) in [5.74, 6) is 1.70. The predicted octanol–water partition coefficient (Wildman–Crippen LogP) is 10.3. The van der Waals surface area contributed by atoms with E-state index in [4.69, 9.17) is 9.47 Å². The number of hydrogen-bond donors (Lipinski definition) is 0. The Kier molecular flexibility index (Phi) is 8.61. The molecular weight excluding hydrogens is 580 g/mol. The molecular formula is C41H48N4O2. The van der Waals surface area contributed by atoms with Crippen molar-refractivity contribution in [2.24, 2.45) is 5.41 Å². The quantitative estimate of drug-likeness (QED) is 0.195. The zero-order valence-corrected chi connectivity index (χ0v) is 28.5. The summed E-state index contributed by atoms with van der Waals surface area (Å²) in [6.45, 7) is 20.2. The normalized spacial score (nSPS) is 14.3. The molecule has 3 heterocycles. The highest BCUT2D eigenvalue weighted by Crippen LogP contribution is 2.50. The average Bonchev–Trinajstić information content (AvgIpc) is 3.67. The Morgan fingerprint density at radius 3 is 1.94 bits per heavy atom. The van der Waals surface area contributed by atoms with Crippen LogP contribution in [0.5, 0.6) is 11.5 Å². The Hall–Kier alpha value is -4.84. The second-order valence-electron chi connectivity index (χ2n) is 14.1. The summed E-state index contributed by atoms with van der Waals surface area (Å²) in [4.78, 5) is 9.13. The van der Waals surface area contributed by atoms with Gasteiger partial charge in [0.2, 0.25) is 0 Å². The van der Waals surface area contributed by atoms with Crippen LogP contribution in [-0.2, 0) is 10.8 Å². The highest BCUT2D eigenvalue weighted by Gasteiger charge is 2.44. The fourth-order valence-electron chi connectivity index (χ4n) is 6.44. The number of imidazole rings is 2. The third-order valence-electron chi connectivity index (χ3n) is 10.1. The molecule has 47 heavy (non-hydrogen) atoms. The molecule has 0 spiro atoms. The molecule has 6 aromatic rings. The van der Waals surface area contributed by atoms with Crippen LogP contribution in [0.4, 0.5) is 0 Å². The van der Waals surface area contributed by atoms with E-state index in [9.17, 15) is 0 Å². The van der Waals surface area contributed by atoms with Crippen LogP contribution < -0.4 is 9.47 Å². The molecule has 6 heteroatoms. The number of benzene rings is 4. The molecule has 0 saturated carbocycles. The fraction of sp³-hybridized carbons (Fsp3) is 0.317. The van der Waals surface area contributed by atoms with E-state index in [1.54, 1.807) is 14.2 Å². The smallest absolute Gasteiger partial charge is 0.120 e. The number of methoxy groups -OCH3 is 2. The molecule has 0 atom stereocenters. The van der Waals surface area contributed by atoms with E-state index in [0.717, 1.165) is 50.6 Å². The molecule has 1 aliphatic heterocycles. The van der Waals surface area contributed by atoms with E-state index in [-0.39, 0.29) is 23.7 Å². The summed E-state index contributed by atoms with van der Waals surface area (Å²) in [5, 5.41) is 0. The number of nitrogens with zero attached hydrogens (tertiary/aromatic N) is 4. The van der Waals surface area contributed by atoms with Gasteiger partial charge in [0.15, 0.2) is 0 Å². The largest absolute Gasteiger partial charge is 0.497 e. The summed E-state index contributed by atoms with van der Waals surface area (Å²) in [5.41, 5.74) is 11.3. The highest BCUT2D eigenvalue weighted by atomic mass is 16.5. The molecule has 0 fully saturated rings. The first-order valence-corrected chi connectivity index (χ1v) is 15.8. The first kappa shape index (κ1) is 33.5. The predicted molar refractivity (Wildman–Crippen MR) is 197 cm³/mol. The van der Waals surface area contributed by atoms with Gasteiger partial charge >= 0.3 is 0 Å². The van der Waals surface area contributed by atoms with E-state index in [1.165, 1.54) is 16.6 Å². The number of hydrogen-bond acceptors (Lipinski definition) is 4. The van der Waals surface area contributed by atoms with Gasteiger partial charge in [0.05, 0.1) is 47.7 Å². The molecule has 6 nitrogen and oxygen atoms in total. The van der Waals surface area contributed by atoms with Gasteiger partial charge in [-0.3, -0.25) is 9.13 Å². The topological polar surface area (TPSA) is 54.1 Å². The molecule has 7 rings (SSSR count). The maximum absolute atomic E-state index is 5.47. The van der Waals surface area contributed by atoms with E-state index >= 15 is 0 Å². The molecule has 0 radical (unpaired) electrons. The van der Waals surface area contributed by atoms with Gasteiger partial charge in [-0.2, -0.15) is 0 Å². The molecule has 0 amide bonds. The lowest BCUT2D eigenvalue weighted by molar-refractivity contribution is 0.306. The van der Waals surface area contributed by atoms with Crippen molar-refractivity contribution < 1.29 is 9.47 Å². The molecule has 0 bridgehead atoms. The van der Waals surface area contributed by atoms with Crippen molar-refractivity contribution in [3.8, 4) is 22.9 Å². The van der Waals surface area contributed by atoms with Gasteiger partial charge in [0.1, 0.15) is 24.2 Å². The number of fused-ring (bicyclic) bond motifs is 3. The third-order valence-corrected chi connectivity index (χ3v) is 10.1. The molecule has 0 aliphatic carbocycles. The number of rotatable bonds is 4. The SMILES string of the molecule is C.C=C(c1ccc(OC)cc1-n1cnc2ccccc21)C(C)(C)C.COc1ccc2c(c1)-n1cnc3cccc(c31)C(C)(C)C2(C)C. The zero-order chi connectivity index (χ0) is 33.0. The van der Waals surface area contributed by atoms with Crippen LogP contribution >= 0.6 is 0 Å². The monoisotopic (exact) mass is 628 g/mol. The zero-order valence-electron chi connectivity index (χ0n) is 28.5. The maximum atomic E-state index is 5.47. The van der Waals surface area contributed by atoms with E-state index in [1.807, 2.05) is 43.0 Å². The summed E-state index contributed by atoms with van der Waals surface area (Å²) in [6, 6.07) is 27.0. The van der Waals surface area contributed by atoms with Gasteiger partial charge in [-0.05, 0) is 58.5 Å². The van der Waals surface area contributed by atoms with Gasteiger partial charge in [-0.1, -0.05) is 92.8 Å². The number of allylic oxidation sites excluding steroid dienone is 1. The van der Waals surface area contributed by atoms with E-state index < -0.39 is 0 Å². The van der Waals surface area contributed by atoms with Crippen LogP contribution in [0.2, 0.25) is 0 Å². The van der Waals surface area contributed by atoms with Crippen molar-refractivity contribution in [1.82, 2.24) is 19.1 Å². The first-order chi connectivity index (χ1) is 21.8. The summed E-state index contributed by atoms with van der Waals surface area (Å²) >= 11 is 0. The number of para-hydroxylation sites is 3. The standard InChI is InChI=1S/2C20H22N2O.CH4/c1-19(2)14-10-9-13(23-5)11-17(14)22-12-21-16-8-6-7-15(18(16)22)20(19,3)4;1-14(20(2,3)4)16-11-10-15(23-5)12-19(16)22-13-21-17-8-6-7-9-18(17)22;/h6-12H,1-5H3;6-13H,1H2,2-5H3;1H4. The van der Waals surface area contributed by atoms with Gasteiger partial charge in [-0.25, -0.2) is 9.97 Å². The van der Waals surface area contributed by atoms with Crippen molar-refractivity contribution in [3.05, 3.63) is 115 Å². The Labute approximate surface area is 279 Å². The fourth-order valence-corrected chi connectivity index (χ4v) is 6.44. The Morgan fingerprint density at radius 2 is 1.26 bits per heavy atom.